The van der Waals surface area contributed by atoms with Gasteiger partial charge in [-0.15, -0.1) is 0 Å². The van der Waals surface area contributed by atoms with E-state index in [0.717, 1.165) is 29.3 Å². The topological polar surface area (TPSA) is 99.3 Å². The molecule has 0 saturated carbocycles. The van der Waals surface area contributed by atoms with E-state index in [1.807, 2.05) is 54.6 Å². The number of benzene rings is 3. The van der Waals surface area contributed by atoms with Gasteiger partial charge in [0.15, 0.2) is 0 Å². The molecule has 4 rings (SSSR count). The highest BCUT2D eigenvalue weighted by molar-refractivity contribution is 7.89. The van der Waals surface area contributed by atoms with Crippen LogP contribution in [0.2, 0.25) is 0 Å². The highest BCUT2D eigenvalue weighted by Crippen LogP contribution is 2.21. The molecule has 1 fully saturated rings. The van der Waals surface area contributed by atoms with E-state index >= 15 is 0 Å². The number of hydrogen-bond donors (Lipinski definition) is 3. The van der Waals surface area contributed by atoms with Crippen LogP contribution in [0.3, 0.4) is 0 Å². The Morgan fingerprint density at radius 2 is 1.86 bits per heavy atom. The second kappa shape index (κ2) is 7.94. The van der Waals surface area contributed by atoms with Crippen molar-refractivity contribution in [3.63, 3.8) is 0 Å². The number of sulfonamides is 1. The molecule has 0 aromatic heterocycles. The number of nitrogens with one attached hydrogen (secondary N) is 2. The highest BCUT2D eigenvalue weighted by Gasteiger charge is 2.27. The minimum atomic E-state index is -3.57. The molecule has 1 heterocycles. The van der Waals surface area contributed by atoms with Crippen LogP contribution in [0.25, 0.3) is 10.8 Å². The van der Waals surface area contributed by atoms with E-state index in [4.69, 9.17) is 11.1 Å². The Hall–Kier alpha value is -2.74. The number of fused-ring (bicyclic) bond motifs is 1. The Morgan fingerprint density at radius 3 is 2.66 bits per heavy atom. The minimum Gasteiger partial charge on any atom is -0.384 e. The van der Waals surface area contributed by atoms with Gasteiger partial charge in [-0.3, -0.25) is 10.3 Å². The summed E-state index contributed by atoms with van der Waals surface area (Å²) in [7, 11) is -3.57. The third-order valence-corrected chi connectivity index (χ3v) is 6.79. The van der Waals surface area contributed by atoms with Crippen molar-refractivity contribution in [2.45, 2.75) is 23.9 Å². The van der Waals surface area contributed by atoms with Crippen molar-refractivity contribution in [1.29, 1.82) is 5.41 Å². The second-order valence-corrected chi connectivity index (χ2v) is 9.18. The lowest BCUT2D eigenvalue weighted by Crippen LogP contribution is -2.36. The number of nitrogens with zero attached hydrogens (tertiary/aromatic N) is 1. The molecule has 4 N–H and O–H groups in total. The standard InChI is InChI=1S/C22H24N4O2S/c23-22(24)19-7-3-4-16(12-19)14-26-11-10-20(15-26)25-29(27,28)21-9-8-17-5-1-2-6-18(17)13-21/h1-9,12-13,20,25H,10-11,14-15H2,(H3,23,24)/t20-/m0/s1. The summed E-state index contributed by atoms with van der Waals surface area (Å²) in [6.07, 6.45) is 0.763. The van der Waals surface area contributed by atoms with Gasteiger partial charge < -0.3 is 5.73 Å². The number of nitrogen functional groups attached to an aromatic ring is 1. The quantitative estimate of drug-likeness (QED) is 0.431. The van der Waals surface area contributed by atoms with E-state index in [1.54, 1.807) is 12.1 Å². The van der Waals surface area contributed by atoms with Gasteiger partial charge in [0.2, 0.25) is 10.0 Å². The monoisotopic (exact) mass is 408 g/mol. The van der Waals surface area contributed by atoms with Crippen molar-refractivity contribution in [2.75, 3.05) is 13.1 Å². The molecule has 1 atom stereocenters. The van der Waals surface area contributed by atoms with Crippen molar-refractivity contribution < 1.29 is 8.42 Å². The first kappa shape index (κ1) is 19.6. The maximum absolute atomic E-state index is 12.8. The van der Waals surface area contributed by atoms with Gasteiger partial charge >= 0.3 is 0 Å². The van der Waals surface area contributed by atoms with Gasteiger partial charge in [-0.1, -0.05) is 48.5 Å². The van der Waals surface area contributed by atoms with Crippen LogP contribution in [0.15, 0.2) is 71.6 Å². The number of hydrogen-bond acceptors (Lipinski definition) is 4. The van der Waals surface area contributed by atoms with Crippen molar-refractivity contribution in [2.24, 2.45) is 5.73 Å². The zero-order chi connectivity index (χ0) is 20.4. The third kappa shape index (κ3) is 4.48. The fourth-order valence-corrected chi connectivity index (χ4v) is 5.09. The molecule has 7 heteroatoms. The predicted octanol–water partition coefficient (Wildman–Crippen LogP) is 2.68. The zero-order valence-electron chi connectivity index (χ0n) is 16.0. The van der Waals surface area contributed by atoms with Crippen LogP contribution in [0.1, 0.15) is 17.5 Å². The van der Waals surface area contributed by atoms with E-state index in [0.29, 0.717) is 23.5 Å². The van der Waals surface area contributed by atoms with Crippen LogP contribution in [0.4, 0.5) is 0 Å². The summed E-state index contributed by atoms with van der Waals surface area (Å²) in [5.74, 6) is 0.0503. The molecular formula is C22H24N4O2S. The summed E-state index contributed by atoms with van der Waals surface area (Å²) in [5, 5.41) is 9.50. The van der Waals surface area contributed by atoms with Gasteiger partial charge in [0.25, 0.3) is 0 Å². The normalized spacial score (nSPS) is 17.6. The maximum atomic E-state index is 12.8. The van der Waals surface area contributed by atoms with Gasteiger partial charge in [-0.05, 0) is 41.0 Å². The first-order chi connectivity index (χ1) is 13.9. The second-order valence-electron chi connectivity index (χ2n) is 7.47. The smallest absolute Gasteiger partial charge is 0.240 e. The minimum absolute atomic E-state index is 0.0503. The summed E-state index contributed by atoms with van der Waals surface area (Å²) in [6, 6.07) is 20.4. The molecule has 29 heavy (non-hydrogen) atoms. The lowest BCUT2D eigenvalue weighted by Gasteiger charge is -2.17. The fraction of sp³-hybridized carbons (Fsp3) is 0.227. The summed E-state index contributed by atoms with van der Waals surface area (Å²) in [6.45, 7) is 2.17. The summed E-state index contributed by atoms with van der Waals surface area (Å²) >= 11 is 0. The zero-order valence-corrected chi connectivity index (χ0v) is 16.8. The van der Waals surface area contributed by atoms with E-state index < -0.39 is 10.0 Å². The van der Waals surface area contributed by atoms with E-state index in [2.05, 4.69) is 9.62 Å². The summed E-state index contributed by atoms with van der Waals surface area (Å²) in [4.78, 5) is 2.51. The van der Waals surface area contributed by atoms with Crippen molar-refractivity contribution in [3.8, 4) is 0 Å². The van der Waals surface area contributed by atoms with Gasteiger partial charge in [0.05, 0.1) is 4.90 Å². The Kier molecular flexibility index (Phi) is 5.36. The Balaban J connectivity index is 1.42. The van der Waals surface area contributed by atoms with Gasteiger partial charge in [0, 0.05) is 31.2 Å². The van der Waals surface area contributed by atoms with Gasteiger partial charge in [0.1, 0.15) is 5.84 Å². The fourth-order valence-electron chi connectivity index (χ4n) is 3.79. The SMILES string of the molecule is N=C(N)c1cccc(CN2CC[C@H](NS(=O)(=O)c3ccc4ccccc4c3)C2)c1. The van der Waals surface area contributed by atoms with Crippen LogP contribution < -0.4 is 10.5 Å². The molecule has 0 spiro atoms. The van der Waals surface area contributed by atoms with E-state index in [9.17, 15) is 8.42 Å². The molecule has 0 unspecified atom stereocenters. The molecular weight excluding hydrogens is 384 g/mol. The molecule has 1 aliphatic heterocycles. The first-order valence-electron chi connectivity index (χ1n) is 9.57. The number of rotatable bonds is 6. The predicted molar refractivity (Wildman–Crippen MR) is 115 cm³/mol. The Labute approximate surface area is 170 Å². The lowest BCUT2D eigenvalue weighted by atomic mass is 10.1. The third-order valence-electron chi connectivity index (χ3n) is 5.27. The van der Waals surface area contributed by atoms with Gasteiger partial charge in [-0.2, -0.15) is 0 Å². The molecule has 0 aliphatic carbocycles. The molecule has 0 amide bonds. The van der Waals surface area contributed by atoms with Crippen LogP contribution >= 0.6 is 0 Å². The molecule has 0 radical (unpaired) electrons. The van der Waals surface area contributed by atoms with Crippen LogP contribution in [-0.4, -0.2) is 38.3 Å². The molecule has 3 aromatic rings. The maximum Gasteiger partial charge on any atom is 0.240 e. The number of likely N-dealkylation sites (tertiary alicyclic amines) is 1. The molecule has 1 aliphatic rings. The lowest BCUT2D eigenvalue weighted by molar-refractivity contribution is 0.324. The Morgan fingerprint density at radius 1 is 1.07 bits per heavy atom. The highest BCUT2D eigenvalue weighted by atomic mass is 32.2. The van der Waals surface area contributed by atoms with Crippen LogP contribution in [0.5, 0.6) is 0 Å². The van der Waals surface area contributed by atoms with Crippen LogP contribution in [0, 0.1) is 5.41 Å². The molecule has 6 nitrogen and oxygen atoms in total. The van der Waals surface area contributed by atoms with E-state index in [-0.39, 0.29) is 11.9 Å². The largest absolute Gasteiger partial charge is 0.384 e. The van der Waals surface area contributed by atoms with E-state index in [1.165, 1.54) is 0 Å². The van der Waals surface area contributed by atoms with Crippen molar-refractivity contribution in [3.05, 3.63) is 77.9 Å². The van der Waals surface area contributed by atoms with Crippen molar-refractivity contribution in [1.82, 2.24) is 9.62 Å². The Bertz CT molecular complexity index is 1160. The first-order valence-corrected chi connectivity index (χ1v) is 11.1. The summed E-state index contributed by atoms with van der Waals surface area (Å²) in [5.41, 5.74) is 7.33. The van der Waals surface area contributed by atoms with Crippen LogP contribution in [-0.2, 0) is 16.6 Å². The average molecular weight is 409 g/mol. The van der Waals surface area contributed by atoms with Crippen molar-refractivity contribution >= 4 is 26.6 Å². The molecule has 1 saturated heterocycles. The average Bonchev–Trinajstić information content (AvgIpc) is 3.13. The number of amidine groups is 1. The summed E-state index contributed by atoms with van der Waals surface area (Å²) < 4.78 is 28.6. The molecule has 0 bridgehead atoms. The molecule has 150 valence electrons. The number of nitrogens with two attached hydrogens (primary N) is 1. The molecule has 3 aromatic carbocycles. The van der Waals surface area contributed by atoms with Gasteiger partial charge in [-0.25, -0.2) is 13.1 Å².